The van der Waals surface area contributed by atoms with Crippen LogP contribution in [0.25, 0.3) is 0 Å². The van der Waals surface area contributed by atoms with Gasteiger partial charge in [-0.15, -0.1) is 0 Å². The van der Waals surface area contributed by atoms with Gasteiger partial charge in [0.25, 0.3) is 5.91 Å². The molecule has 0 radical (unpaired) electrons. The van der Waals surface area contributed by atoms with Gasteiger partial charge in [0.15, 0.2) is 0 Å². The summed E-state index contributed by atoms with van der Waals surface area (Å²) in [6, 6.07) is 0. The minimum Gasteiger partial charge on any atom is -0.379 e. The largest absolute Gasteiger partial charge is 0.379 e. The van der Waals surface area contributed by atoms with Gasteiger partial charge in [-0.1, -0.05) is 27.2 Å². The fourth-order valence-corrected chi connectivity index (χ4v) is 2.16. The molecule has 1 amide bonds. The molecule has 1 aliphatic rings. The first kappa shape index (κ1) is 10.5. The normalized spacial score (nSPS) is 36.8. The van der Waals surface area contributed by atoms with Crippen molar-refractivity contribution in [2.75, 3.05) is 13.6 Å². The predicted octanol–water partition coefficient (Wildman–Crippen LogP) is 0.872. The van der Waals surface area contributed by atoms with E-state index in [9.17, 15) is 9.90 Å². The lowest BCUT2D eigenvalue weighted by molar-refractivity contribution is -0.149. The zero-order chi connectivity index (χ0) is 10.2. The molecule has 0 spiro atoms. The number of carbonyl (C=O) groups is 1. The summed E-state index contributed by atoms with van der Waals surface area (Å²) in [7, 11) is 1.75. The molecule has 3 heteroatoms. The second-order valence-corrected chi connectivity index (χ2v) is 4.22. The van der Waals surface area contributed by atoms with E-state index >= 15 is 0 Å². The van der Waals surface area contributed by atoms with E-state index in [1.807, 2.05) is 20.8 Å². The summed E-state index contributed by atoms with van der Waals surface area (Å²) in [6.07, 6.45) is 0.834. The number of rotatable bonds is 2. The Morgan fingerprint density at radius 1 is 1.77 bits per heavy atom. The Kier molecular flexibility index (Phi) is 2.66. The third-order valence-electron chi connectivity index (χ3n) is 3.35. The zero-order valence-corrected chi connectivity index (χ0v) is 8.87. The van der Waals surface area contributed by atoms with Crippen LogP contribution < -0.4 is 0 Å². The fraction of sp³-hybridized carbons (Fsp3) is 0.900. The number of likely N-dealkylation sites (tertiary alicyclic amines) is 1. The Hall–Kier alpha value is -0.570. The molecule has 0 aromatic rings. The van der Waals surface area contributed by atoms with E-state index in [0.29, 0.717) is 6.54 Å². The summed E-state index contributed by atoms with van der Waals surface area (Å²) in [4.78, 5) is 13.3. The van der Waals surface area contributed by atoms with E-state index in [1.165, 1.54) is 0 Å². The Morgan fingerprint density at radius 2 is 2.31 bits per heavy atom. The minimum absolute atomic E-state index is 0.0416. The van der Waals surface area contributed by atoms with Crippen LogP contribution in [-0.4, -0.2) is 35.1 Å². The lowest BCUT2D eigenvalue weighted by Gasteiger charge is -2.30. The summed E-state index contributed by atoms with van der Waals surface area (Å²) in [5.74, 6) is -0.0331. The summed E-state index contributed by atoms with van der Waals surface area (Å²) in [5, 5.41) is 10.3. The lowest BCUT2D eigenvalue weighted by atomic mass is 9.79. The Labute approximate surface area is 79.7 Å². The summed E-state index contributed by atoms with van der Waals surface area (Å²) in [5.41, 5.74) is -1.12. The van der Waals surface area contributed by atoms with E-state index in [4.69, 9.17) is 0 Å². The third kappa shape index (κ3) is 1.35. The molecule has 0 bridgehead atoms. The molecule has 0 aromatic heterocycles. The van der Waals surface area contributed by atoms with Gasteiger partial charge in [0.2, 0.25) is 0 Å². The number of likely N-dealkylation sites (N-methyl/N-ethyl adjacent to an activating group) is 1. The van der Waals surface area contributed by atoms with Crippen molar-refractivity contribution in [1.82, 2.24) is 4.90 Å². The van der Waals surface area contributed by atoms with E-state index in [2.05, 4.69) is 0 Å². The molecule has 76 valence electrons. The highest BCUT2D eigenvalue weighted by Gasteiger charge is 2.52. The lowest BCUT2D eigenvalue weighted by Crippen LogP contribution is -2.47. The van der Waals surface area contributed by atoms with Crippen LogP contribution in [0.3, 0.4) is 0 Å². The van der Waals surface area contributed by atoms with Gasteiger partial charge in [0.05, 0.1) is 0 Å². The average Bonchev–Trinajstić information content (AvgIpc) is 2.30. The Bertz CT molecular complexity index is 211. The summed E-state index contributed by atoms with van der Waals surface area (Å²) in [6.45, 7) is 6.54. The van der Waals surface area contributed by atoms with Crippen LogP contribution >= 0.6 is 0 Å². The van der Waals surface area contributed by atoms with Gasteiger partial charge < -0.3 is 10.0 Å². The number of hydrogen-bond donors (Lipinski definition) is 1. The molecule has 1 saturated heterocycles. The van der Waals surface area contributed by atoms with Gasteiger partial charge in [-0.3, -0.25) is 4.79 Å². The smallest absolute Gasteiger partial charge is 0.254 e. The monoisotopic (exact) mass is 185 g/mol. The molecule has 1 aliphatic heterocycles. The van der Waals surface area contributed by atoms with E-state index < -0.39 is 5.60 Å². The van der Waals surface area contributed by atoms with Gasteiger partial charge in [-0.25, -0.2) is 0 Å². The molecule has 2 unspecified atom stereocenters. The number of nitrogens with zero attached hydrogens (tertiary/aromatic N) is 1. The Morgan fingerprint density at radius 3 is 2.62 bits per heavy atom. The van der Waals surface area contributed by atoms with E-state index in [1.54, 1.807) is 11.9 Å². The van der Waals surface area contributed by atoms with Crippen molar-refractivity contribution in [2.45, 2.75) is 32.8 Å². The Balaban J connectivity index is 2.93. The summed E-state index contributed by atoms with van der Waals surface area (Å²) < 4.78 is 0. The van der Waals surface area contributed by atoms with Crippen LogP contribution in [0.2, 0.25) is 0 Å². The highest BCUT2D eigenvalue weighted by atomic mass is 16.3. The molecule has 1 rings (SSSR count). The van der Waals surface area contributed by atoms with Gasteiger partial charge in [0.1, 0.15) is 5.60 Å². The number of aliphatic hydroxyl groups is 1. The molecule has 13 heavy (non-hydrogen) atoms. The topological polar surface area (TPSA) is 40.5 Å². The van der Waals surface area contributed by atoms with Gasteiger partial charge in [-0.2, -0.15) is 0 Å². The van der Waals surface area contributed by atoms with Crippen molar-refractivity contribution < 1.29 is 9.90 Å². The molecule has 0 aromatic carbocycles. The quantitative estimate of drug-likeness (QED) is 0.693. The van der Waals surface area contributed by atoms with Crippen molar-refractivity contribution in [3.05, 3.63) is 0 Å². The zero-order valence-electron chi connectivity index (χ0n) is 8.87. The average molecular weight is 185 g/mol. The van der Waals surface area contributed by atoms with Crippen molar-refractivity contribution in [3.63, 3.8) is 0 Å². The van der Waals surface area contributed by atoms with Crippen molar-refractivity contribution in [3.8, 4) is 0 Å². The van der Waals surface area contributed by atoms with Crippen LogP contribution in [0.4, 0.5) is 0 Å². The molecule has 1 heterocycles. The number of amides is 1. The molecule has 0 aliphatic carbocycles. The first-order valence-electron chi connectivity index (χ1n) is 4.92. The first-order valence-corrected chi connectivity index (χ1v) is 4.92. The highest BCUT2D eigenvalue weighted by Crippen LogP contribution is 2.35. The molecule has 0 saturated carbocycles. The third-order valence-corrected chi connectivity index (χ3v) is 3.35. The van der Waals surface area contributed by atoms with Gasteiger partial charge in [-0.05, 0) is 5.92 Å². The van der Waals surface area contributed by atoms with Crippen molar-refractivity contribution >= 4 is 5.91 Å². The van der Waals surface area contributed by atoms with Crippen molar-refractivity contribution in [2.24, 2.45) is 11.8 Å². The van der Waals surface area contributed by atoms with Crippen LogP contribution in [0.15, 0.2) is 0 Å². The maximum Gasteiger partial charge on any atom is 0.254 e. The predicted molar refractivity (Wildman–Crippen MR) is 51.2 cm³/mol. The highest BCUT2D eigenvalue weighted by molar-refractivity contribution is 5.87. The maximum absolute atomic E-state index is 11.7. The summed E-state index contributed by atoms with van der Waals surface area (Å²) >= 11 is 0. The molecule has 3 nitrogen and oxygen atoms in total. The second kappa shape index (κ2) is 3.29. The van der Waals surface area contributed by atoms with Crippen LogP contribution in [0.5, 0.6) is 0 Å². The molecular weight excluding hydrogens is 166 g/mol. The molecule has 1 N–H and O–H groups in total. The van der Waals surface area contributed by atoms with Crippen LogP contribution in [0, 0.1) is 11.8 Å². The number of carbonyl (C=O) groups excluding carboxylic acids is 1. The maximum atomic E-state index is 11.7. The second-order valence-electron chi connectivity index (χ2n) is 4.22. The van der Waals surface area contributed by atoms with Crippen LogP contribution in [-0.2, 0) is 4.79 Å². The minimum atomic E-state index is -1.12. The SMILES string of the molecule is CCC(C)[C@]1(O)C(=O)N(C)CC1C. The van der Waals surface area contributed by atoms with Crippen molar-refractivity contribution in [1.29, 1.82) is 0 Å². The first-order chi connectivity index (χ1) is 5.94. The molecule has 3 atom stereocenters. The molecular formula is C10H19NO2. The van der Waals surface area contributed by atoms with Gasteiger partial charge in [0, 0.05) is 19.5 Å². The molecule has 1 fully saturated rings. The standard InChI is InChI=1S/C10H19NO2/c1-5-7(2)10(13)8(3)6-11(4)9(10)12/h7-8,13H,5-6H2,1-4H3/t7?,8?,10-/m1/s1. The van der Waals surface area contributed by atoms with Gasteiger partial charge >= 0.3 is 0 Å². The van der Waals surface area contributed by atoms with Crippen LogP contribution in [0.1, 0.15) is 27.2 Å². The van der Waals surface area contributed by atoms with E-state index in [-0.39, 0.29) is 17.7 Å². The number of hydrogen-bond acceptors (Lipinski definition) is 2. The fourth-order valence-electron chi connectivity index (χ4n) is 2.16. The van der Waals surface area contributed by atoms with E-state index in [0.717, 1.165) is 6.42 Å².